The maximum absolute atomic E-state index is 12.0. The van der Waals surface area contributed by atoms with Crippen molar-refractivity contribution in [2.45, 2.75) is 90.5 Å². The Bertz CT molecular complexity index is 247. The molecule has 1 aliphatic rings. The fraction of sp³-hybridized carbons (Fsp3) is 0.938. The minimum atomic E-state index is 0.0451. The van der Waals surface area contributed by atoms with E-state index in [1.807, 2.05) is 0 Å². The fourth-order valence-corrected chi connectivity index (χ4v) is 2.50. The van der Waals surface area contributed by atoms with Crippen LogP contribution in [0.25, 0.3) is 0 Å². The molecule has 0 radical (unpaired) electrons. The molecule has 0 heterocycles. The number of nitrogens with one attached hydrogen (secondary N) is 1. The van der Waals surface area contributed by atoms with Gasteiger partial charge in [-0.3, -0.25) is 4.79 Å². The zero-order valence-electron chi connectivity index (χ0n) is 12.6. The quantitative estimate of drug-likeness (QED) is 0.573. The van der Waals surface area contributed by atoms with Crippen LogP contribution in [0, 0.1) is 5.92 Å². The average Bonchev–Trinajstić information content (AvgIpc) is 3.16. The first kappa shape index (κ1) is 15.5. The molecule has 0 aliphatic heterocycles. The number of rotatable bonds is 10. The molecule has 1 unspecified atom stereocenters. The van der Waals surface area contributed by atoms with Crippen molar-refractivity contribution in [1.82, 2.24) is 5.32 Å². The van der Waals surface area contributed by atoms with Gasteiger partial charge in [0.1, 0.15) is 0 Å². The van der Waals surface area contributed by atoms with Gasteiger partial charge in [0, 0.05) is 11.5 Å². The summed E-state index contributed by atoms with van der Waals surface area (Å²) in [4.78, 5) is 12.0. The molecule has 0 aromatic rings. The van der Waals surface area contributed by atoms with Gasteiger partial charge in [0.2, 0.25) is 5.91 Å². The lowest BCUT2D eigenvalue weighted by Gasteiger charge is -2.31. The molecule has 0 spiro atoms. The number of carbonyl (C=O) groups excluding carboxylic acids is 1. The molecular formula is C16H31NO. The van der Waals surface area contributed by atoms with Crippen molar-refractivity contribution in [2.24, 2.45) is 5.92 Å². The van der Waals surface area contributed by atoms with E-state index in [2.05, 4.69) is 26.1 Å². The van der Waals surface area contributed by atoms with E-state index in [4.69, 9.17) is 0 Å². The number of hydrogen-bond acceptors (Lipinski definition) is 1. The number of carbonyl (C=O) groups is 1. The molecule has 2 heteroatoms. The Morgan fingerprint density at radius 2 is 1.67 bits per heavy atom. The first-order chi connectivity index (χ1) is 8.61. The molecule has 1 atom stereocenters. The molecule has 0 aromatic heterocycles. The van der Waals surface area contributed by atoms with Crippen molar-refractivity contribution in [3.63, 3.8) is 0 Å². The first-order valence-electron chi connectivity index (χ1n) is 7.93. The lowest BCUT2D eigenvalue weighted by atomic mass is 9.88. The van der Waals surface area contributed by atoms with Gasteiger partial charge in [-0.1, -0.05) is 52.4 Å². The third-order valence-corrected chi connectivity index (χ3v) is 4.04. The number of unbranched alkanes of at least 4 members (excludes halogenated alkanes) is 4. The highest BCUT2D eigenvalue weighted by Crippen LogP contribution is 2.31. The SMILES string of the molecule is CCCCCCC(C)(CCCC)NC(=O)C1CC1. The van der Waals surface area contributed by atoms with Gasteiger partial charge in [-0.2, -0.15) is 0 Å². The molecule has 0 bridgehead atoms. The molecule has 1 N–H and O–H groups in total. The van der Waals surface area contributed by atoms with Crippen molar-refractivity contribution in [3.8, 4) is 0 Å². The minimum Gasteiger partial charge on any atom is -0.351 e. The number of amides is 1. The monoisotopic (exact) mass is 253 g/mol. The summed E-state index contributed by atoms with van der Waals surface area (Å²) in [7, 11) is 0. The van der Waals surface area contributed by atoms with Crippen LogP contribution in [-0.2, 0) is 4.79 Å². The zero-order valence-corrected chi connectivity index (χ0v) is 12.6. The van der Waals surface area contributed by atoms with Gasteiger partial charge in [0.25, 0.3) is 0 Å². The summed E-state index contributed by atoms with van der Waals surface area (Å²) in [5.41, 5.74) is 0.0451. The maximum Gasteiger partial charge on any atom is 0.223 e. The molecule has 18 heavy (non-hydrogen) atoms. The van der Waals surface area contributed by atoms with Crippen LogP contribution in [0.5, 0.6) is 0 Å². The van der Waals surface area contributed by atoms with Gasteiger partial charge in [0.15, 0.2) is 0 Å². The van der Waals surface area contributed by atoms with Crippen molar-refractivity contribution in [2.75, 3.05) is 0 Å². The van der Waals surface area contributed by atoms with E-state index >= 15 is 0 Å². The number of hydrogen-bond donors (Lipinski definition) is 1. The maximum atomic E-state index is 12.0. The van der Waals surface area contributed by atoms with E-state index in [0.29, 0.717) is 11.8 Å². The highest BCUT2D eigenvalue weighted by atomic mass is 16.2. The fourth-order valence-electron chi connectivity index (χ4n) is 2.50. The van der Waals surface area contributed by atoms with E-state index in [1.165, 1.54) is 38.5 Å². The molecule has 1 amide bonds. The summed E-state index contributed by atoms with van der Waals surface area (Å²) >= 11 is 0. The summed E-state index contributed by atoms with van der Waals surface area (Å²) in [5, 5.41) is 3.33. The normalized spacial score (nSPS) is 18.4. The Hall–Kier alpha value is -0.530. The van der Waals surface area contributed by atoms with Gasteiger partial charge in [0.05, 0.1) is 0 Å². The van der Waals surface area contributed by atoms with Crippen LogP contribution in [0.15, 0.2) is 0 Å². The highest BCUT2D eigenvalue weighted by molar-refractivity contribution is 5.81. The van der Waals surface area contributed by atoms with Crippen LogP contribution in [0.4, 0.5) is 0 Å². The second-order valence-corrected chi connectivity index (χ2v) is 6.24. The van der Waals surface area contributed by atoms with E-state index in [1.54, 1.807) is 0 Å². The van der Waals surface area contributed by atoms with Crippen LogP contribution >= 0.6 is 0 Å². The van der Waals surface area contributed by atoms with Gasteiger partial charge < -0.3 is 5.32 Å². The topological polar surface area (TPSA) is 29.1 Å². The Morgan fingerprint density at radius 1 is 1.06 bits per heavy atom. The summed E-state index contributed by atoms with van der Waals surface area (Å²) in [6.45, 7) is 6.71. The molecule has 0 aromatic carbocycles. The first-order valence-corrected chi connectivity index (χ1v) is 7.93. The molecule has 2 nitrogen and oxygen atoms in total. The molecule has 1 rings (SSSR count). The summed E-state index contributed by atoms with van der Waals surface area (Å²) < 4.78 is 0. The van der Waals surface area contributed by atoms with Gasteiger partial charge >= 0.3 is 0 Å². The summed E-state index contributed by atoms with van der Waals surface area (Å²) in [6, 6.07) is 0. The smallest absolute Gasteiger partial charge is 0.223 e. The Kier molecular flexibility index (Phi) is 6.73. The minimum absolute atomic E-state index is 0.0451. The Balaban J connectivity index is 2.36. The van der Waals surface area contributed by atoms with E-state index in [-0.39, 0.29) is 5.54 Å². The van der Waals surface area contributed by atoms with Crippen molar-refractivity contribution >= 4 is 5.91 Å². The van der Waals surface area contributed by atoms with E-state index < -0.39 is 0 Å². The van der Waals surface area contributed by atoms with E-state index in [0.717, 1.165) is 25.7 Å². The van der Waals surface area contributed by atoms with Crippen molar-refractivity contribution in [1.29, 1.82) is 0 Å². The summed E-state index contributed by atoms with van der Waals surface area (Å²) in [5.74, 6) is 0.644. The summed E-state index contributed by atoms with van der Waals surface area (Å²) in [6.07, 6.45) is 12.1. The molecule has 1 fully saturated rings. The second-order valence-electron chi connectivity index (χ2n) is 6.24. The van der Waals surface area contributed by atoms with Gasteiger partial charge in [-0.25, -0.2) is 0 Å². The van der Waals surface area contributed by atoms with Crippen molar-refractivity contribution < 1.29 is 4.79 Å². The molecule has 106 valence electrons. The Morgan fingerprint density at radius 3 is 2.22 bits per heavy atom. The highest BCUT2D eigenvalue weighted by Gasteiger charge is 2.34. The second kappa shape index (κ2) is 7.81. The van der Waals surface area contributed by atoms with Gasteiger partial charge in [-0.05, 0) is 32.6 Å². The molecule has 1 aliphatic carbocycles. The van der Waals surface area contributed by atoms with Crippen LogP contribution in [-0.4, -0.2) is 11.4 Å². The van der Waals surface area contributed by atoms with E-state index in [9.17, 15) is 4.79 Å². The van der Waals surface area contributed by atoms with Crippen molar-refractivity contribution in [3.05, 3.63) is 0 Å². The molecule has 1 saturated carbocycles. The lowest BCUT2D eigenvalue weighted by molar-refractivity contribution is -0.124. The Labute approximate surface area is 113 Å². The largest absolute Gasteiger partial charge is 0.351 e. The van der Waals surface area contributed by atoms with Crippen LogP contribution < -0.4 is 5.32 Å². The standard InChI is InChI=1S/C16H31NO/c1-4-6-8-9-13-16(3,12-7-5-2)17-15(18)14-10-11-14/h14H,4-13H2,1-3H3,(H,17,18). The predicted molar refractivity (Wildman–Crippen MR) is 77.6 cm³/mol. The molecule has 0 saturated heterocycles. The average molecular weight is 253 g/mol. The third-order valence-electron chi connectivity index (χ3n) is 4.04. The third kappa shape index (κ3) is 5.88. The van der Waals surface area contributed by atoms with Crippen LogP contribution in [0.3, 0.4) is 0 Å². The van der Waals surface area contributed by atoms with Crippen LogP contribution in [0.2, 0.25) is 0 Å². The van der Waals surface area contributed by atoms with Crippen LogP contribution in [0.1, 0.15) is 85.0 Å². The lowest BCUT2D eigenvalue weighted by Crippen LogP contribution is -2.46. The zero-order chi connectivity index (χ0) is 13.4. The van der Waals surface area contributed by atoms with Gasteiger partial charge in [-0.15, -0.1) is 0 Å². The predicted octanol–water partition coefficient (Wildman–Crippen LogP) is 4.43. The molecular weight excluding hydrogens is 222 g/mol.